The van der Waals surface area contributed by atoms with Gasteiger partial charge in [0, 0.05) is 16.5 Å². The first-order chi connectivity index (χ1) is 15.8. The first-order valence-electron chi connectivity index (χ1n) is 12.1. The van der Waals surface area contributed by atoms with Crippen LogP contribution in [0, 0.1) is 0 Å². The first kappa shape index (κ1) is 26.5. The molecular formula is C27H40O6. The van der Waals surface area contributed by atoms with Crippen molar-refractivity contribution in [3.63, 3.8) is 0 Å². The van der Waals surface area contributed by atoms with Crippen molar-refractivity contribution in [2.75, 3.05) is 26.4 Å². The molecule has 33 heavy (non-hydrogen) atoms. The Kier molecular flexibility index (Phi) is 10.0. The molecule has 0 unspecified atom stereocenters. The zero-order valence-electron chi connectivity index (χ0n) is 21.0. The molecule has 0 aliphatic rings. The number of phenols is 2. The molecule has 0 atom stereocenters. The van der Waals surface area contributed by atoms with E-state index in [2.05, 4.69) is 13.8 Å². The lowest BCUT2D eigenvalue weighted by atomic mass is 9.76. The zero-order chi connectivity index (χ0) is 24.4. The second kappa shape index (κ2) is 12.5. The Morgan fingerprint density at radius 2 is 0.848 bits per heavy atom. The normalized spacial score (nSPS) is 11.3. The molecule has 0 heterocycles. The molecule has 0 aromatic heterocycles. The molecule has 0 fully saturated rings. The second-order valence-corrected chi connectivity index (χ2v) is 8.60. The molecule has 0 saturated carbocycles. The average Bonchev–Trinajstić information content (AvgIpc) is 2.79. The Morgan fingerprint density at radius 3 is 1.15 bits per heavy atom. The van der Waals surface area contributed by atoms with Gasteiger partial charge in [0.05, 0.1) is 26.4 Å². The van der Waals surface area contributed by atoms with Crippen LogP contribution in [-0.2, 0) is 5.41 Å². The average molecular weight is 461 g/mol. The minimum Gasteiger partial charge on any atom is -0.504 e. The molecule has 0 radical (unpaired) electrons. The fourth-order valence-electron chi connectivity index (χ4n) is 3.62. The fourth-order valence-corrected chi connectivity index (χ4v) is 3.62. The number of ether oxygens (including phenoxy) is 4. The SMILES string of the molecule is CCCOc1c(O)ccc(C(C)(C)c2ccc(O)c(OCCC)c2OCCC)c1OCCC. The van der Waals surface area contributed by atoms with Crippen molar-refractivity contribution >= 4 is 0 Å². The van der Waals surface area contributed by atoms with Crippen molar-refractivity contribution in [1.29, 1.82) is 0 Å². The predicted molar refractivity (Wildman–Crippen MR) is 131 cm³/mol. The lowest BCUT2D eigenvalue weighted by Crippen LogP contribution is -2.22. The highest BCUT2D eigenvalue weighted by Crippen LogP contribution is 2.51. The van der Waals surface area contributed by atoms with Crippen molar-refractivity contribution in [3.8, 4) is 34.5 Å². The van der Waals surface area contributed by atoms with Crippen molar-refractivity contribution in [1.82, 2.24) is 0 Å². The molecule has 0 saturated heterocycles. The van der Waals surface area contributed by atoms with Crippen LogP contribution in [0.2, 0.25) is 0 Å². The van der Waals surface area contributed by atoms with Gasteiger partial charge in [-0.2, -0.15) is 0 Å². The van der Waals surface area contributed by atoms with Crippen molar-refractivity contribution in [3.05, 3.63) is 35.4 Å². The van der Waals surface area contributed by atoms with Crippen molar-refractivity contribution < 1.29 is 29.2 Å². The second-order valence-electron chi connectivity index (χ2n) is 8.60. The van der Waals surface area contributed by atoms with Gasteiger partial charge < -0.3 is 29.2 Å². The largest absolute Gasteiger partial charge is 0.504 e. The van der Waals surface area contributed by atoms with Crippen LogP contribution in [0.15, 0.2) is 24.3 Å². The van der Waals surface area contributed by atoms with Crippen LogP contribution < -0.4 is 18.9 Å². The van der Waals surface area contributed by atoms with Crippen LogP contribution in [0.5, 0.6) is 34.5 Å². The number of benzene rings is 2. The number of phenolic OH excluding ortho intramolecular Hbond substituents is 2. The van der Waals surface area contributed by atoms with Gasteiger partial charge in [-0.15, -0.1) is 0 Å². The summed E-state index contributed by atoms with van der Waals surface area (Å²) in [4.78, 5) is 0. The molecule has 0 aliphatic carbocycles. The van der Waals surface area contributed by atoms with Crippen LogP contribution >= 0.6 is 0 Å². The third-order valence-corrected chi connectivity index (χ3v) is 5.33. The van der Waals surface area contributed by atoms with E-state index in [0.29, 0.717) is 49.4 Å². The van der Waals surface area contributed by atoms with E-state index in [1.165, 1.54) is 0 Å². The van der Waals surface area contributed by atoms with Gasteiger partial charge in [-0.25, -0.2) is 0 Å². The van der Waals surface area contributed by atoms with E-state index in [1.54, 1.807) is 12.1 Å². The Balaban J connectivity index is 2.71. The van der Waals surface area contributed by atoms with E-state index < -0.39 is 5.41 Å². The number of aromatic hydroxyl groups is 2. The highest BCUT2D eigenvalue weighted by atomic mass is 16.5. The maximum Gasteiger partial charge on any atom is 0.203 e. The maximum absolute atomic E-state index is 10.5. The summed E-state index contributed by atoms with van der Waals surface area (Å²) in [6.45, 7) is 14.2. The summed E-state index contributed by atoms with van der Waals surface area (Å²) in [6, 6.07) is 7.01. The predicted octanol–water partition coefficient (Wildman–Crippen LogP) is 6.58. The molecule has 2 aromatic rings. The molecule has 0 spiro atoms. The van der Waals surface area contributed by atoms with Crippen LogP contribution in [0.4, 0.5) is 0 Å². The fraction of sp³-hybridized carbons (Fsp3) is 0.556. The Hall–Kier alpha value is -2.76. The number of rotatable bonds is 14. The monoisotopic (exact) mass is 460 g/mol. The van der Waals surface area contributed by atoms with E-state index in [1.807, 2.05) is 39.8 Å². The van der Waals surface area contributed by atoms with E-state index in [9.17, 15) is 10.2 Å². The maximum atomic E-state index is 10.5. The summed E-state index contributed by atoms with van der Waals surface area (Å²) >= 11 is 0. The lowest BCUT2D eigenvalue weighted by molar-refractivity contribution is 0.248. The van der Waals surface area contributed by atoms with Crippen LogP contribution in [-0.4, -0.2) is 36.6 Å². The van der Waals surface area contributed by atoms with E-state index >= 15 is 0 Å². The summed E-state index contributed by atoms with van der Waals surface area (Å²) < 4.78 is 24.1. The number of hydrogen-bond acceptors (Lipinski definition) is 6. The molecule has 6 nitrogen and oxygen atoms in total. The van der Waals surface area contributed by atoms with Gasteiger partial charge in [0.1, 0.15) is 0 Å². The zero-order valence-corrected chi connectivity index (χ0v) is 21.0. The molecule has 0 amide bonds. The molecule has 2 rings (SSSR count). The van der Waals surface area contributed by atoms with E-state index in [0.717, 1.165) is 36.8 Å². The minimum atomic E-state index is -0.609. The summed E-state index contributed by atoms with van der Waals surface area (Å²) in [5, 5.41) is 21.1. The molecule has 184 valence electrons. The lowest BCUT2D eigenvalue weighted by Gasteiger charge is -2.32. The quantitative estimate of drug-likeness (QED) is 0.332. The molecule has 6 heteroatoms. The summed E-state index contributed by atoms with van der Waals surface area (Å²) in [7, 11) is 0. The Bertz CT molecular complexity index is 819. The van der Waals surface area contributed by atoms with Gasteiger partial charge in [0.2, 0.25) is 11.5 Å². The van der Waals surface area contributed by atoms with Gasteiger partial charge >= 0.3 is 0 Å². The van der Waals surface area contributed by atoms with E-state index in [-0.39, 0.29) is 11.5 Å². The Morgan fingerprint density at radius 1 is 0.545 bits per heavy atom. The smallest absolute Gasteiger partial charge is 0.203 e. The third kappa shape index (κ3) is 6.18. The van der Waals surface area contributed by atoms with Crippen molar-refractivity contribution in [2.45, 2.75) is 72.6 Å². The first-order valence-corrected chi connectivity index (χ1v) is 12.1. The van der Waals surface area contributed by atoms with Gasteiger partial charge in [-0.1, -0.05) is 53.7 Å². The molecule has 2 N–H and O–H groups in total. The van der Waals surface area contributed by atoms with Gasteiger partial charge in [-0.05, 0) is 37.8 Å². The summed E-state index contributed by atoms with van der Waals surface area (Å²) in [5.74, 6) is 1.87. The molecule has 0 aliphatic heterocycles. The van der Waals surface area contributed by atoms with Crippen LogP contribution in [0.3, 0.4) is 0 Å². The highest BCUT2D eigenvalue weighted by Gasteiger charge is 2.34. The molecular weight excluding hydrogens is 420 g/mol. The standard InChI is InChI=1S/C27H40O6/c1-7-15-30-23-19(11-13-21(28)25(23)32-17-9-3)27(5,6)20-12-14-22(29)26(33-18-10-4)24(20)31-16-8-2/h11-14,28-29H,7-10,15-18H2,1-6H3. The highest BCUT2D eigenvalue weighted by molar-refractivity contribution is 5.64. The summed E-state index contributed by atoms with van der Waals surface area (Å²) in [6.07, 6.45) is 3.26. The third-order valence-electron chi connectivity index (χ3n) is 5.33. The Labute approximate surface area is 198 Å². The number of hydrogen-bond donors (Lipinski definition) is 2. The van der Waals surface area contributed by atoms with Gasteiger partial charge in [0.25, 0.3) is 0 Å². The van der Waals surface area contributed by atoms with Crippen LogP contribution in [0.25, 0.3) is 0 Å². The van der Waals surface area contributed by atoms with Crippen molar-refractivity contribution in [2.24, 2.45) is 0 Å². The summed E-state index contributed by atoms with van der Waals surface area (Å²) in [5.41, 5.74) is 1.10. The van der Waals surface area contributed by atoms with Gasteiger partial charge in [-0.3, -0.25) is 0 Å². The van der Waals surface area contributed by atoms with Gasteiger partial charge in [0.15, 0.2) is 23.0 Å². The topological polar surface area (TPSA) is 77.4 Å². The molecule has 2 aromatic carbocycles. The van der Waals surface area contributed by atoms with E-state index in [4.69, 9.17) is 18.9 Å². The minimum absolute atomic E-state index is 0.0502. The van der Waals surface area contributed by atoms with Crippen LogP contribution in [0.1, 0.15) is 78.4 Å². The molecule has 0 bridgehead atoms.